The fourth-order valence-electron chi connectivity index (χ4n) is 6.26. The van der Waals surface area contributed by atoms with Crippen molar-refractivity contribution in [3.8, 4) is 35.4 Å². The number of alkyl halides is 1. The number of likely N-dealkylation sites (N-methyl/N-ethyl adjacent to an activating group) is 1. The van der Waals surface area contributed by atoms with Gasteiger partial charge in [-0.05, 0) is 50.0 Å². The van der Waals surface area contributed by atoms with Crippen LogP contribution in [0.15, 0.2) is 36.5 Å². The normalized spacial score (nSPS) is 24.3. The first kappa shape index (κ1) is 25.9. The summed E-state index contributed by atoms with van der Waals surface area (Å²) in [6.07, 6.45) is 8.27. The molecule has 4 aromatic rings. The van der Waals surface area contributed by atoms with Gasteiger partial charge >= 0.3 is 6.01 Å². The minimum atomic E-state index is -1.06. The number of aromatic hydroxyl groups is 1. The molecule has 4 heterocycles. The van der Waals surface area contributed by atoms with Gasteiger partial charge in [-0.1, -0.05) is 18.1 Å². The molecule has 0 unspecified atom stereocenters. The zero-order chi connectivity index (χ0) is 28.2. The molecule has 1 N–H and O–H groups in total. The van der Waals surface area contributed by atoms with E-state index in [4.69, 9.17) is 15.9 Å². The number of aromatic nitrogens is 3. The Morgan fingerprint density at radius 1 is 1.24 bits per heavy atom. The van der Waals surface area contributed by atoms with Crippen molar-refractivity contribution >= 4 is 27.5 Å². The molecule has 0 spiro atoms. The molecule has 0 amide bonds. The number of anilines is 1. The van der Waals surface area contributed by atoms with Gasteiger partial charge in [0.1, 0.15) is 35.6 Å². The van der Waals surface area contributed by atoms with Gasteiger partial charge in [0.15, 0.2) is 5.82 Å². The number of halogens is 2. The van der Waals surface area contributed by atoms with E-state index in [-0.39, 0.29) is 34.9 Å². The van der Waals surface area contributed by atoms with Gasteiger partial charge in [0.2, 0.25) is 0 Å². The summed E-state index contributed by atoms with van der Waals surface area (Å²) in [5.74, 6) is 2.00. The second-order valence-corrected chi connectivity index (χ2v) is 11.0. The largest absolute Gasteiger partial charge is 0.508 e. The number of phenols is 1. The highest BCUT2D eigenvalue weighted by Gasteiger charge is 2.56. The predicted molar refractivity (Wildman–Crippen MR) is 151 cm³/mol. The van der Waals surface area contributed by atoms with E-state index in [1.165, 1.54) is 12.3 Å². The van der Waals surface area contributed by atoms with E-state index in [0.29, 0.717) is 59.5 Å². The van der Waals surface area contributed by atoms with Crippen molar-refractivity contribution in [1.82, 2.24) is 19.9 Å². The molecule has 210 valence electrons. The monoisotopic (exact) mass is 557 g/mol. The van der Waals surface area contributed by atoms with Crippen LogP contribution >= 0.6 is 0 Å². The van der Waals surface area contributed by atoms with Gasteiger partial charge in [-0.15, -0.1) is 6.42 Å². The number of rotatable bonds is 5. The molecule has 2 saturated heterocycles. The molecule has 0 bridgehead atoms. The molecule has 3 fully saturated rings. The topological polar surface area (TPSA) is 83.8 Å². The van der Waals surface area contributed by atoms with Gasteiger partial charge in [-0.2, -0.15) is 9.97 Å². The number of nitrogens with zero attached hydrogens (tertiary/aromatic N) is 5. The third-order valence-electron chi connectivity index (χ3n) is 8.54. The first-order chi connectivity index (χ1) is 19.9. The number of terminal acetylenes is 1. The van der Waals surface area contributed by atoms with Crippen LogP contribution in [0.25, 0.3) is 32.9 Å². The number of pyridine rings is 1. The highest BCUT2D eigenvalue weighted by Crippen LogP contribution is 2.45. The van der Waals surface area contributed by atoms with Crippen molar-refractivity contribution < 1.29 is 23.4 Å². The number of benzene rings is 2. The summed E-state index contributed by atoms with van der Waals surface area (Å²) in [4.78, 5) is 17.7. The Hall–Kier alpha value is -4.07. The van der Waals surface area contributed by atoms with Crippen molar-refractivity contribution in [2.24, 2.45) is 5.92 Å². The standard InChI is InChI=1S/C31H29F2N5O3/c1-3-17-6-4-7-18-12-20(39)13-21(24(17)18)27-26(33)28-22(14-34-27)30(38-10-11-40-16-23-25(32)29(23)38)36-31(35-28)41-15-19-8-5-9-37(19)2/h1,4,6-7,12-14,19,23,25,29,39H,5,8-11,15-16H2,2H3/t19-,23-,25-,29-/m0/s1. The SMILES string of the molecule is C#Cc1cccc2cc(O)cc(-c3ncc4c(N5CCOC[C@H]6[C@H](F)[C@H]65)nc(OC[C@@H]5CCCN5C)nc4c3F)c12. The summed E-state index contributed by atoms with van der Waals surface area (Å²) < 4.78 is 43.0. The van der Waals surface area contributed by atoms with Crippen LogP contribution in [-0.4, -0.2) is 83.2 Å². The lowest BCUT2D eigenvalue weighted by atomic mass is 9.96. The maximum absolute atomic E-state index is 16.6. The summed E-state index contributed by atoms with van der Waals surface area (Å²) >= 11 is 0. The van der Waals surface area contributed by atoms with Gasteiger partial charge in [-0.3, -0.25) is 4.98 Å². The number of likely N-dealkylation sites (tertiary alicyclic amines) is 1. The molecule has 1 aliphatic carbocycles. The zero-order valence-corrected chi connectivity index (χ0v) is 22.6. The molecular formula is C31H29F2N5O3. The van der Waals surface area contributed by atoms with Crippen LogP contribution in [0.5, 0.6) is 11.8 Å². The Kier molecular flexibility index (Phi) is 6.36. The number of hydrogen-bond donors (Lipinski definition) is 1. The van der Waals surface area contributed by atoms with Crippen molar-refractivity contribution in [1.29, 1.82) is 0 Å². The Labute approximate surface area is 235 Å². The average Bonchev–Trinajstić information content (AvgIpc) is 3.51. The lowest BCUT2D eigenvalue weighted by Gasteiger charge is -2.25. The van der Waals surface area contributed by atoms with Crippen LogP contribution in [-0.2, 0) is 4.74 Å². The molecule has 2 aromatic carbocycles. The van der Waals surface area contributed by atoms with Crippen LogP contribution < -0.4 is 9.64 Å². The molecule has 41 heavy (non-hydrogen) atoms. The highest BCUT2D eigenvalue weighted by molar-refractivity contribution is 6.02. The van der Waals surface area contributed by atoms with E-state index in [1.807, 2.05) is 11.9 Å². The molecule has 2 aliphatic heterocycles. The predicted octanol–water partition coefficient (Wildman–Crippen LogP) is 4.32. The summed E-state index contributed by atoms with van der Waals surface area (Å²) in [5.41, 5.74) is 0.879. The summed E-state index contributed by atoms with van der Waals surface area (Å²) in [7, 11) is 2.04. The Morgan fingerprint density at radius 2 is 2.12 bits per heavy atom. The van der Waals surface area contributed by atoms with Crippen LogP contribution in [0, 0.1) is 24.1 Å². The summed E-state index contributed by atoms with van der Waals surface area (Å²) in [5, 5.41) is 12.1. The minimum absolute atomic E-state index is 0.00207. The zero-order valence-electron chi connectivity index (χ0n) is 22.6. The van der Waals surface area contributed by atoms with Crippen LogP contribution in [0.1, 0.15) is 18.4 Å². The Balaban J connectivity index is 1.40. The number of fused-ring (bicyclic) bond motifs is 3. The average molecular weight is 558 g/mol. The molecule has 10 heteroatoms. The third kappa shape index (κ3) is 4.40. The van der Waals surface area contributed by atoms with Gasteiger partial charge in [0, 0.05) is 41.2 Å². The molecular weight excluding hydrogens is 528 g/mol. The van der Waals surface area contributed by atoms with Crippen LogP contribution in [0.2, 0.25) is 0 Å². The molecule has 4 atom stereocenters. The number of ether oxygens (including phenoxy) is 2. The van der Waals surface area contributed by atoms with Crippen molar-refractivity contribution in [3.05, 3.63) is 47.9 Å². The van der Waals surface area contributed by atoms with E-state index in [0.717, 1.165) is 19.4 Å². The number of hydrogen-bond acceptors (Lipinski definition) is 8. The minimum Gasteiger partial charge on any atom is -0.508 e. The van der Waals surface area contributed by atoms with Crippen molar-refractivity contribution in [3.63, 3.8) is 0 Å². The molecule has 3 aliphatic rings. The van der Waals surface area contributed by atoms with Crippen molar-refractivity contribution in [2.75, 3.05) is 44.9 Å². The Bertz CT molecular complexity index is 1710. The van der Waals surface area contributed by atoms with E-state index >= 15 is 4.39 Å². The van der Waals surface area contributed by atoms with Crippen LogP contribution in [0.4, 0.5) is 14.6 Å². The smallest absolute Gasteiger partial charge is 0.319 e. The molecule has 1 saturated carbocycles. The lowest BCUT2D eigenvalue weighted by molar-refractivity contribution is 0.130. The van der Waals surface area contributed by atoms with E-state index in [9.17, 15) is 9.50 Å². The summed E-state index contributed by atoms with van der Waals surface area (Å²) in [6.45, 7) is 2.46. The maximum atomic E-state index is 16.6. The van der Waals surface area contributed by atoms with Crippen LogP contribution in [0.3, 0.4) is 0 Å². The Morgan fingerprint density at radius 3 is 2.93 bits per heavy atom. The van der Waals surface area contributed by atoms with Gasteiger partial charge in [0.25, 0.3) is 0 Å². The molecule has 0 radical (unpaired) electrons. The highest BCUT2D eigenvalue weighted by atomic mass is 19.1. The van der Waals surface area contributed by atoms with Gasteiger partial charge < -0.3 is 24.4 Å². The fraction of sp³-hybridized carbons (Fsp3) is 0.387. The second kappa shape index (κ2) is 10.1. The molecule has 2 aromatic heterocycles. The molecule has 8 nitrogen and oxygen atoms in total. The fourth-order valence-corrected chi connectivity index (χ4v) is 6.26. The van der Waals surface area contributed by atoms with Crippen molar-refractivity contribution in [2.45, 2.75) is 31.1 Å². The lowest BCUT2D eigenvalue weighted by Crippen LogP contribution is -2.32. The van der Waals surface area contributed by atoms with Gasteiger partial charge in [-0.25, -0.2) is 8.78 Å². The third-order valence-corrected chi connectivity index (χ3v) is 8.54. The van der Waals surface area contributed by atoms with E-state index in [2.05, 4.69) is 25.8 Å². The van der Waals surface area contributed by atoms with Gasteiger partial charge in [0.05, 0.1) is 24.6 Å². The molecule has 7 rings (SSSR count). The first-order valence-electron chi connectivity index (χ1n) is 13.8. The van der Waals surface area contributed by atoms with E-state index in [1.54, 1.807) is 24.3 Å². The van der Waals surface area contributed by atoms with E-state index < -0.39 is 18.0 Å². The first-order valence-corrected chi connectivity index (χ1v) is 13.8. The quantitative estimate of drug-likeness (QED) is 0.364. The summed E-state index contributed by atoms with van der Waals surface area (Å²) in [6, 6.07) is 8.17. The number of phenolic OH excluding ortho intramolecular Hbond substituents is 1. The second-order valence-electron chi connectivity index (χ2n) is 11.0. The maximum Gasteiger partial charge on any atom is 0.319 e.